The highest BCUT2D eigenvalue weighted by molar-refractivity contribution is 14.1. The molecule has 0 saturated heterocycles. The van der Waals surface area contributed by atoms with Crippen LogP contribution in [-0.4, -0.2) is 17.2 Å². The maximum absolute atomic E-state index is 11.2. The minimum atomic E-state index is -0.789. The van der Waals surface area contributed by atoms with Gasteiger partial charge in [0, 0.05) is 6.42 Å². The van der Waals surface area contributed by atoms with Crippen LogP contribution in [0.15, 0.2) is 36.4 Å². The summed E-state index contributed by atoms with van der Waals surface area (Å²) in [6.45, 7) is 6.36. The molecule has 1 unspecified atom stereocenters. The summed E-state index contributed by atoms with van der Waals surface area (Å²) in [4.78, 5) is 15.6. The summed E-state index contributed by atoms with van der Waals surface area (Å²) in [5.74, 6) is 0.498. The first-order valence-corrected chi connectivity index (χ1v) is 9.60. The number of aromatic nitrogens is 1. The number of carbonyl (C=O) groups is 1. The fraction of sp³-hybridized carbons (Fsp3) is 0.368. The number of amides is 1. The summed E-state index contributed by atoms with van der Waals surface area (Å²) in [5, 5.41) is 0.303. The standard InChI is InChI=1S/C19H22ClIN2O3/c1-19(2,3)15(26-18(22)24)10-13-9-14(16(20)23-17(13)21)25-11-12-7-5-4-6-8-12/h4-9,15H,10-11H2,1-3H3,(H2,22,24). The molecule has 2 rings (SSSR count). The van der Waals surface area contributed by atoms with Crippen LogP contribution in [0.2, 0.25) is 5.15 Å². The number of rotatable bonds is 6. The first kappa shape index (κ1) is 20.8. The van der Waals surface area contributed by atoms with E-state index < -0.39 is 12.2 Å². The van der Waals surface area contributed by atoms with Crippen molar-refractivity contribution >= 4 is 40.3 Å². The van der Waals surface area contributed by atoms with Crippen molar-refractivity contribution in [1.82, 2.24) is 4.98 Å². The summed E-state index contributed by atoms with van der Waals surface area (Å²) in [6, 6.07) is 11.7. The first-order valence-electron chi connectivity index (χ1n) is 8.14. The fourth-order valence-electron chi connectivity index (χ4n) is 2.33. The maximum atomic E-state index is 11.2. The minimum absolute atomic E-state index is 0.275. The third-order valence-corrected chi connectivity index (χ3v) is 5.04. The molecule has 7 heteroatoms. The number of nitrogens with two attached hydrogens (primary N) is 1. The lowest BCUT2D eigenvalue weighted by Crippen LogP contribution is -2.35. The van der Waals surface area contributed by atoms with E-state index in [-0.39, 0.29) is 5.41 Å². The Morgan fingerprint density at radius 3 is 2.54 bits per heavy atom. The van der Waals surface area contributed by atoms with Gasteiger partial charge in [-0.1, -0.05) is 62.7 Å². The molecule has 0 spiro atoms. The van der Waals surface area contributed by atoms with Crippen LogP contribution < -0.4 is 10.5 Å². The fourth-order valence-corrected chi connectivity index (χ4v) is 3.29. The molecule has 0 bridgehead atoms. The highest BCUT2D eigenvalue weighted by atomic mass is 127. The van der Waals surface area contributed by atoms with E-state index in [4.69, 9.17) is 26.8 Å². The quantitative estimate of drug-likeness (QED) is 0.460. The number of halogens is 2. The summed E-state index contributed by atoms with van der Waals surface area (Å²) < 4.78 is 11.9. The van der Waals surface area contributed by atoms with E-state index in [9.17, 15) is 4.79 Å². The first-order chi connectivity index (χ1) is 12.2. The summed E-state index contributed by atoms with van der Waals surface area (Å²) in [6.07, 6.45) is -0.711. The van der Waals surface area contributed by atoms with Crippen LogP contribution in [0.5, 0.6) is 5.75 Å². The lowest BCUT2D eigenvalue weighted by atomic mass is 9.85. The average molecular weight is 489 g/mol. The Balaban J connectivity index is 2.21. The third-order valence-electron chi connectivity index (χ3n) is 3.84. The Morgan fingerprint density at radius 1 is 1.31 bits per heavy atom. The average Bonchev–Trinajstić information content (AvgIpc) is 2.55. The van der Waals surface area contributed by atoms with Gasteiger partial charge in [-0.05, 0) is 45.2 Å². The molecular formula is C19H22ClIN2O3. The predicted octanol–water partition coefficient (Wildman–Crippen LogP) is 4.97. The van der Waals surface area contributed by atoms with Crippen molar-refractivity contribution in [3.63, 3.8) is 0 Å². The zero-order valence-electron chi connectivity index (χ0n) is 15.0. The van der Waals surface area contributed by atoms with Gasteiger partial charge < -0.3 is 15.2 Å². The van der Waals surface area contributed by atoms with Gasteiger partial charge in [-0.2, -0.15) is 0 Å². The Labute approximate surface area is 172 Å². The molecule has 140 valence electrons. The van der Waals surface area contributed by atoms with E-state index >= 15 is 0 Å². The van der Waals surface area contributed by atoms with Crippen molar-refractivity contribution in [2.24, 2.45) is 11.1 Å². The lowest BCUT2D eigenvalue weighted by Gasteiger charge is -2.30. The van der Waals surface area contributed by atoms with Gasteiger partial charge in [0.25, 0.3) is 0 Å². The lowest BCUT2D eigenvalue weighted by molar-refractivity contribution is 0.0372. The van der Waals surface area contributed by atoms with Gasteiger partial charge in [-0.15, -0.1) is 0 Å². The van der Waals surface area contributed by atoms with Crippen molar-refractivity contribution in [3.05, 3.63) is 56.4 Å². The summed E-state index contributed by atoms with van der Waals surface area (Å²) in [7, 11) is 0. The Hall–Kier alpha value is -1.54. The molecule has 0 aliphatic carbocycles. The molecule has 1 amide bonds. The van der Waals surface area contributed by atoms with E-state index in [1.165, 1.54) is 0 Å². The number of pyridine rings is 1. The van der Waals surface area contributed by atoms with Crippen LogP contribution in [0, 0.1) is 9.12 Å². The largest absolute Gasteiger partial charge is 0.486 e. The van der Waals surface area contributed by atoms with Gasteiger partial charge >= 0.3 is 6.09 Å². The van der Waals surface area contributed by atoms with Crippen molar-refractivity contribution in [3.8, 4) is 5.75 Å². The molecule has 2 aromatic rings. The van der Waals surface area contributed by atoms with Crippen LogP contribution in [0.4, 0.5) is 4.79 Å². The molecule has 0 aliphatic heterocycles. The highest BCUT2D eigenvalue weighted by Gasteiger charge is 2.29. The number of ether oxygens (including phenoxy) is 2. The van der Waals surface area contributed by atoms with Crippen molar-refractivity contribution in [1.29, 1.82) is 0 Å². The van der Waals surface area contributed by atoms with Crippen LogP contribution in [-0.2, 0) is 17.8 Å². The second-order valence-corrected chi connectivity index (χ2v) is 8.38. The van der Waals surface area contributed by atoms with Gasteiger partial charge in [0.2, 0.25) is 0 Å². The van der Waals surface area contributed by atoms with Gasteiger partial charge in [0.15, 0.2) is 10.9 Å². The molecule has 1 aromatic heterocycles. The number of carbonyl (C=O) groups excluding carboxylic acids is 1. The van der Waals surface area contributed by atoms with Crippen molar-refractivity contribution in [2.75, 3.05) is 0 Å². The second-order valence-electron chi connectivity index (χ2n) is 7.00. The number of primary amides is 1. The van der Waals surface area contributed by atoms with Crippen molar-refractivity contribution < 1.29 is 14.3 Å². The molecule has 0 aliphatic rings. The van der Waals surface area contributed by atoms with E-state index in [1.54, 1.807) is 0 Å². The molecule has 26 heavy (non-hydrogen) atoms. The van der Waals surface area contributed by atoms with E-state index in [0.717, 1.165) is 14.8 Å². The normalized spacial score (nSPS) is 12.5. The maximum Gasteiger partial charge on any atom is 0.404 e. The van der Waals surface area contributed by atoms with Gasteiger partial charge in [-0.3, -0.25) is 0 Å². The molecule has 0 radical (unpaired) electrons. The summed E-state index contributed by atoms with van der Waals surface area (Å²) >= 11 is 8.35. The minimum Gasteiger partial charge on any atom is -0.486 e. The van der Waals surface area contributed by atoms with Gasteiger partial charge in [0.1, 0.15) is 16.4 Å². The van der Waals surface area contributed by atoms with E-state index in [0.29, 0.717) is 23.9 Å². The SMILES string of the molecule is CC(C)(C)C(Cc1cc(OCc2ccccc2)c(Cl)nc1I)OC(N)=O. The highest BCUT2D eigenvalue weighted by Crippen LogP contribution is 2.31. The van der Waals surface area contributed by atoms with Crippen molar-refractivity contribution in [2.45, 2.75) is 39.9 Å². The zero-order chi connectivity index (χ0) is 19.3. The predicted molar refractivity (Wildman–Crippen MR) is 110 cm³/mol. The van der Waals surface area contributed by atoms with Crippen LogP contribution in [0.25, 0.3) is 0 Å². The molecule has 0 saturated carbocycles. The Bertz CT molecular complexity index is 763. The van der Waals surface area contributed by atoms with Gasteiger partial charge in [0.05, 0.1) is 0 Å². The summed E-state index contributed by atoms with van der Waals surface area (Å²) in [5.41, 5.74) is 6.87. The number of benzene rings is 1. The van der Waals surface area contributed by atoms with Crippen LogP contribution in [0.3, 0.4) is 0 Å². The van der Waals surface area contributed by atoms with Crippen LogP contribution in [0.1, 0.15) is 31.9 Å². The number of nitrogens with zero attached hydrogens (tertiary/aromatic N) is 1. The topological polar surface area (TPSA) is 74.4 Å². The van der Waals surface area contributed by atoms with E-state index in [1.807, 2.05) is 57.2 Å². The third kappa shape index (κ3) is 6.02. The molecule has 1 aromatic carbocycles. The van der Waals surface area contributed by atoms with E-state index in [2.05, 4.69) is 27.6 Å². The monoisotopic (exact) mass is 488 g/mol. The molecular weight excluding hydrogens is 467 g/mol. The Kier molecular flexibility index (Phi) is 7.11. The molecule has 1 atom stereocenters. The molecule has 2 N–H and O–H groups in total. The number of hydrogen-bond acceptors (Lipinski definition) is 4. The van der Waals surface area contributed by atoms with Gasteiger partial charge in [-0.25, -0.2) is 9.78 Å². The smallest absolute Gasteiger partial charge is 0.404 e. The Morgan fingerprint density at radius 2 is 1.96 bits per heavy atom. The zero-order valence-corrected chi connectivity index (χ0v) is 17.9. The molecule has 5 nitrogen and oxygen atoms in total. The number of hydrogen-bond donors (Lipinski definition) is 1. The molecule has 1 heterocycles. The second kappa shape index (κ2) is 8.90. The van der Waals surface area contributed by atoms with Crippen LogP contribution >= 0.6 is 34.2 Å². The molecule has 0 fully saturated rings.